The fourth-order valence-electron chi connectivity index (χ4n) is 2.88. The summed E-state index contributed by atoms with van der Waals surface area (Å²) in [5.74, 6) is 1.64. The summed E-state index contributed by atoms with van der Waals surface area (Å²) in [5.41, 5.74) is 1.95. The van der Waals surface area contributed by atoms with Gasteiger partial charge >= 0.3 is 0 Å². The van der Waals surface area contributed by atoms with Crippen LogP contribution in [0.1, 0.15) is 22.8 Å². The summed E-state index contributed by atoms with van der Waals surface area (Å²) in [4.78, 5) is 13.3. The predicted molar refractivity (Wildman–Crippen MR) is 89.5 cm³/mol. The molecule has 1 amide bonds. The van der Waals surface area contributed by atoms with E-state index in [2.05, 4.69) is 16.5 Å². The van der Waals surface area contributed by atoms with Gasteiger partial charge in [0.1, 0.15) is 11.6 Å². The zero-order valence-corrected chi connectivity index (χ0v) is 13.3. The van der Waals surface area contributed by atoms with Gasteiger partial charge in [-0.3, -0.25) is 4.79 Å². The van der Waals surface area contributed by atoms with Crippen LogP contribution in [0.15, 0.2) is 48.0 Å². The highest BCUT2D eigenvalue weighted by Crippen LogP contribution is 2.39. The van der Waals surface area contributed by atoms with Gasteiger partial charge in [-0.15, -0.1) is 11.3 Å². The predicted octanol–water partition coefficient (Wildman–Crippen LogP) is 3.42. The van der Waals surface area contributed by atoms with Crippen LogP contribution in [0.3, 0.4) is 0 Å². The molecule has 0 fully saturated rings. The van der Waals surface area contributed by atoms with E-state index in [1.165, 1.54) is 4.88 Å². The average molecular weight is 325 g/mol. The molecule has 1 aliphatic heterocycles. The van der Waals surface area contributed by atoms with E-state index in [4.69, 9.17) is 4.74 Å². The lowest BCUT2D eigenvalue weighted by molar-refractivity contribution is -0.116. The Kier molecular flexibility index (Phi) is 3.38. The number of benzene rings is 1. The van der Waals surface area contributed by atoms with E-state index in [1.54, 1.807) is 23.1 Å². The molecule has 1 aliphatic rings. The monoisotopic (exact) mass is 325 g/mol. The van der Waals surface area contributed by atoms with Crippen LogP contribution in [0.2, 0.25) is 0 Å². The molecule has 5 nitrogen and oxygen atoms in total. The molecular weight excluding hydrogens is 310 g/mol. The standard InChI is InChI=1S/C17H15N3O2S/c1-22-12-6-4-11(5-7-12)20-17-14(10-18-20)13(9-16(21)19-17)15-3-2-8-23-15/h2-8,10,13H,9H2,1H3,(H,19,21). The van der Waals surface area contributed by atoms with Crippen LogP contribution < -0.4 is 10.1 Å². The van der Waals surface area contributed by atoms with Crippen molar-refractivity contribution in [1.82, 2.24) is 9.78 Å². The zero-order valence-electron chi connectivity index (χ0n) is 12.5. The lowest BCUT2D eigenvalue weighted by Gasteiger charge is -2.22. The molecule has 0 saturated heterocycles. The molecule has 2 aromatic heterocycles. The van der Waals surface area contributed by atoms with Crippen LogP contribution in [0, 0.1) is 0 Å². The molecule has 116 valence electrons. The zero-order chi connectivity index (χ0) is 15.8. The largest absolute Gasteiger partial charge is 0.497 e. The fraction of sp³-hybridized carbons (Fsp3) is 0.176. The van der Waals surface area contributed by atoms with Crippen molar-refractivity contribution in [3.05, 3.63) is 58.4 Å². The first-order valence-corrected chi connectivity index (χ1v) is 8.20. The molecule has 0 saturated carbocycles. The number of ether oxygens (including phenoxy) is 1. The van der Waals surface area contributed by atoms with E-state index in [1.807, 2.05) is 41.9 Å². The van der Waals surface area contributed by atoms with Crippen molar-refractivity contribution in [2.45, 2.75) is 12.3 Å². The molecule has 1 N–H and O–H groups in total. The lowest BCUT2D eigenvalue weighted by Crippen LogP contribution is -2.24. The second-order valence-corrected chi connectivity index (χ2v) is 6.36. The van der Waals surface area contributed by atoms with Gasteiger partial charge in [0.15, 0.2) is 0 Å². The number of rotatable bonds is 3. The molecule has 1 atom stereocenters. The molecule has 1 aromatic carbocycles. The Balaban J connectivity index is 1.78. The first-order valence-electron chi connectivity index (χ1n) is 7.32. The van der Waals surface area contributed by atoms with E-state index in [9.17, 15) is 4.79 Å². The maximum atomic E-state index is 12.1. The SMILES string of the molecule is COc1ccc(-n2ncc3c2NC(=O)CC3c2cccs2)cc1. The normalized spacial score (nSPS) is 16.7. The number of carbonyl (C=O) groups is 1. The molecule has 0 radical (unpaired) electrons. The summed E-state index contributed by atoms with van der Waals surface area (Å²) in [6.45, 7) is 0. The van der Waals surface area contributed by atoms with Crippen molar-refractivity contribution in [3.63, 3.8) is 0 Å². The number of fused-ring (bicyclic) bond motifs is 1. The van der Waals surface area contributed by atoms with Gasteiger partial charge in [0.2, 0.25) is 5.91 Å². The van der Waals surface area contributed by atoms with E-state index in [0.29, 0.717) is 6.42 Å². The van der Waals surface area contributed by atoms with Crippen LogP contribution in [0.5, 0.6) is 5.75 Å². The third-order valence-electron chi connectivity index (χ3n) is 4.02. The van der Waals surface area contributed by atoms with Crippen molar-refractivity contribution >= 4 is 23.1 Å². The van der Waals surface area contributed by atoms with Crippen LogP contribution >= 0.6 is 11.3 Å². The molecule has 23 heavy (non-hydrogen) atoms. The van der Waals surface area contributed by atoms with Gasteiger partial charge < -0.3 is 10.1 Å². The number of thiophene rings is 1. The molecular formula is C17H15N3O2S. The highest BCUT2D eigenvalue weighted by atomic mass is 32.1. The second kappa shape index (κ2) is 5.55. The molecule has 0 bridgehead atoms. The van der Waals surface area contributed by atoms with E-state index in [-0.39, 0.29) is 11.8 Å². The smallest absolute Gasteiger partial charge is 0.226 e. The van der Waals surface area contributed by atoms with Crippen LogP contribution in [0.25, 0.3) is 5.69 Å². The maximum Gasteiger partial charge on any atom is 0.226 e. The van der Waals surface area contributed by atoms with Crippen LogP contribution in [-0.2, 0) is 4.79 Å². The number of carbonyl (C=O) groups excluding carboxylic acids is 1. The molecule has 1 unspecified atom stereocenters. The first kappa shape index (κ1) is 14.0. The summed E-state index contributed by atoms with van der Waals surface area (Å²) < 4.78 is 6.95. The Morgan fingerprint density at radius 1 is 1.30 bits per heavy atom. The number of nitrogens with one attached hydrogen (secondary N) is 1. The Hall–Kier alpha value is -2.60. The summed E-state index contributed by atoms with van der Waals surface area (Å²) in [6, 6.07) is 11.7. The van der Waals surface area contributed by atoms with E-state index >= 15 is 0 Å². The van der Waals surface area contributed by atoms with Gasteiger partial charge in [0.25, 0.3) is 0 Å². The number of methoxy groups -OCH3 is 1. The minimum Gasteiger partial charge on any atom is -0.497 e. The number of anilines is 1. The molecule has 3 aromatic rings. The summed E-state index contributed by atoms with van der Waals surface area (Å²) in [6.07, 6.45) is 2.31. The number of aromatic nitrogens is 2. The van der Waals surface area contributed by atoms with Crippen molar-refractivity contribution in [2.75, 3.05) is 12.4 Å². The van der Waals surface area contributed by atoms with E-state index < -0.39 is 0 Å². The minimum absolute atomic E-state index is 0.0196. The summed E-state index contributed by atoms with van der Waals surface area (Å²) in [7, 11) is 1.64. The Labute approximate surface area is 137 Å². The highest BCUT2D eigenvalue weighted by Gasteiger charge is 2.30. The van der Waals surface area contributed by atoms with Crippen molar-refractivity contribution < 1.29 is 9.53 Å². The third kappa shape index (κ3) is 2.41. The summed E-state index contributed by atoms with van der Waals surface area (Å²) in [5, 5.41) is 9.48. The van der Waals surface area contributed by atoms with Crippen molar-refractivity contribution in [3.8, 4) is 11.4 Å². The van der Waals surface area contributed by atoms with Gasteiger partial charge in [-0.1, -0.05) is 6.07 Å². The Bertz CT molecular complexity index is 837. The number of nitrogens with zero attached hydrogens (tertiary/aromatic N) is 2. The lowest BCUT2D eigenvalue weighted by atomic mass is 9.93. The number of hydrogen-bond donors (Lipinski definition) is 1. The average Bonchev–Trinajstić information content (AvgIpc) is 3.24. The van der Waals surface area contributed by atoms with Crippen LogP contribution in [0.4, 0.5) is 5.82 Å². The summed E-state index contributed by atoms with van der Waals surface area (Å²) >= 11 is 1.67. The van der Waals surface area contributed by atoms with Gasteiger partial charge in [0, 0.05) is 22.8 Å². The molecule has 6 heteroatoms. The minimum atomic E-state index is 0.0196. The van der Waals surface area contributed by atoms with Gasteiger partial charge in [-0.05, 0) is 35.7 Å². The molecule has 4 rings (SSSR count). The van der Waals surface area contributed by atoms with Crippen LogP contribution in [-0.4, -0.2) is 22.8 Å². The van der Waals surface area contributed by atoms with Gasteiger partial charge in [-0.2, -0.15) is 5.10 Å². The second-order valence-electron chi connectivity index (χ2n) is 5.38. The maximum absolute atomic E-state index is 12.1. The fourth-order valence-corrected chi connectivity index (χ4v) is 3.73. The van der Waals surface area contributed by atoms with Gasteiger partial charge in [-0.25, -0.2) is 4.68 Å². The third-order valence-corrected chi connectivity index (χ3v) is 5.01. The topological polar surface area (TPSA) is 56.1 Å². The molecule has 0 aliphatic carbocycles. The van der Waals surface area contributed by atoms with Crippen molar-refractivity contribution in [2.24, 2.45) is 0 Å². The Morgan fingerprint density at radius 2 is 2.13 bits per heavy atom. The van der Waals surface area contributed by atoms with Gasteiger partial charge in [0.05, 0.1) is 19.0 Å². The Morgan fingerprint density at radius 3 is 2.83 bits per heavy atom. The first-order chi connectivity index (χ1) is 11.3. The van der Waals surface area contributed by atoms with Crippen molar-refractivity contribution in [1.29, 1.82) is 0 Å². The quantitative estimate of drug-likeness (QED) is 0.803. The molecule has 3 heterocycles. The van der Waals surface area contributed by atoms with E-state index in [0.717, 1.165) is 22.8 Å². The number of hydrogen-bond acceptors (Lipinski definition) is 4. The highest BCUT2D eigenvalue weighted by molar-refractivity contribution is 7.10. The number of amides is 1. The molecule has 0 spiro atoms.